The maximum Gasteiger partial charge on any atom is 0.230 e. The Bertz CT molecular complexity index is 326. The molecule has 1 saturated heterocycles. The van der Waals surface area contributed by atoms with Crippen LogP contribution in [0.15, 0.2) is 24.3 Å². The third-order valence-electron chi connectivity index (χ3n) is 2.21. The number of anilines is 1. The molecule has 74 valence electrons. The molecular weight excluding hydrogens is 196 g/mol. The van der Waals surface area contributed by atoms with Crippen LogP contribution < -0.4 is 11.1 Å². The molecule has 1 aliphatic heterocycles. The number of amides is 1. The number of nitrogens with two attached hydrogens (primary N) is 1. The van der Waals surface area contributed by atoms with Crippen molar-refractivity contribution in [3.05, 3.63) is 29.8 Å². The summed E-state index contributed by atoms with van der Waals surface area (Å²) in [5.74, 6) is 0.677. The summed E-state index contributed by atoms with van der Waals surface area (Å²) in [6.07, 6.45) is 0. The van der Waals surface area contributed by atoms with Gasteiger partial charge in [0.2, 0.25) is 5.91 Å². The molecular formula is C10H12N2OS. The Balaban J connectivity index is 2.08. The molecule has 0 aromatic heterocycles. The van der Waals surface area contributed by atoms with E-state index in [2.05, 4.69) is 5.32 Å². The van der Waals surface area contributed by atoms with Gasteiger partial charge in [0, 0.05) is 17.5 Å². The summed E-state index contributed by atoms with van der Waals surface area (Å²) >= 11 is 1.68. The van der Waals surface area contributed by atoms with Crippen molar-refractivity contribution in [2.24, 2.45) is 0 Å². The van der Waals surface area contributed by atoms with E-state index in [1.54, 1.807) is 11.8 Å². The Morgan fingerprint density at radius 1 is 1.36 bits per heavy atom. The Labute approximate surface area is 87.1 Å². The third kappa shape index (κ3) is 2.01. The second-order valence-electron chi connectivity index (χ2n) is 3.27. The van der Waals surface area contributed by atoms with Crippen molar-refractivity contribution in [2.75, 3.05) is 18.0 Å². The molecule has 0 spiro atoms. The molecule has 1 aromatic carbocycles. The van der Waals surface area contributed by atoms with Gasteiger partial charge in [-0.3, -0.25) is 4.79 Å². The van der Waals surface area contributed by atoms with Crippen LogP contribution in [0.3, 0.4) is 0 Å². The lowest BCUT2D eigenvalue weighted by molar-refractivity contribution is -0.118. The summed E-state index contributed by atoms with van der Waals surface area (Å²) in [5.41, 5.74) is 7.60. The molecule has 0 bridgehead atoms. The van der Waals surface area contributed by atoms with Gasteiger partial charge in [-0.1, -0.05) is 12.1 Å². The summed E-state index contributed by atoms with van der Waals surface area (Å²) in [4.78, 5) is 10.9. The van der Waals surface area contributed by atoms with Crippen LogP contribution in [0.2, 0.25) is 0 Å². The van der Waals surface area contributed by atoms with E-state index in [0.29, 0.717) is 17.5 Å². The van der Waals surface area contributed by atoms with Crippen LogP contribution in [0.5, 0.6) is 0 Å². The zero-order chi connectivity index (χ0) is 9.97. The largest absolute Gasteiger partial charge is 0.399 e. The molecule has 1 aliphatic rings. The topological polar surface area (TPSA) is 55.1 Å². The second-order valence-corrected chi connectivity index (χ2v) is 4.46. The van der Waals surface area contributed by atoms with E-state index in [1.807, 2.05) is 24.3 Å². The molecule has 2 rings (SSSR count). The van der Waals surface area contributed by atoms with E-state index in [-0.39, 0.29) is 5.91 Å². The number of hydrogen-bond donors (Lipinski definition) is 2. The molecule has 1 heterocycles. The summed E-state index contributed by atoms with van der Waals surface area (Å²) < 4.78 is 0. The zero-order valence-corrected chi connectivity index (χ0v) is 8.51. The van der Waals surface area contributed by atoms with Crippen LogP contribution in [0, 0.1) is 0 Å². The number of carbonyl (C=O) groups excluding carboxylic acids is 1. The van der Waals surface area contributed by atoms with Crippen LogP contribution in [0.4, 0.5) is 5.69 Å². The van der Waals surface area contributed by atoms with Gasteiger partial charge in [0.1, 0.15) is 0 Å². The van der Waals surface area contributed by atoms with Gasteiger partial charge in [0.05, 0.1) is 5.75 Å². The van der Waals surface area contributed by atoms with Crippen molar-refractivity contribution in [3.8, 4) is 0 Å². The molecule has 14 heavy (non-hydrogen) atoms. The number of thioether (sulfide) groups is 1. The van der Waals surface area contributed by atoms with Gasteiger partial charge in [0.25, 0.3) is 0 Å². The lowest BCUT2D eigenvalue weighted by Crippen LogP contribution is -2.33. The Kier molecular flexibility index (Phi) is 2.63. The smallest absolute Gasteiger partial charge is 0.230 e. The minimum absolute atomic E-state index is 0.127. The van der Waals surface area contributed by atoms with E-state index in [1.165, 1.54) is 5.56 Å². The maximum atomic E-state index is 10.9. The highest BCUT2D eigenvalue weighted by Gasteiger charge is 2.19. The lowest BCUT2D eigenvalue weighted by Gasteiger charge is -2.22. The van der Waals surface area contributed by atoms with Crippen LogP contribution in [0.25, 0.3) is 0 Å². The first-order valence-electron chi connectivity index (χ1n) is 4.49. The molecule has 0 aliphatic carbocycles. The summed E-state index contributed by atoms with van der Waals surface area (Å²) in [6, 6.07) is 7.83. The Morgan fingerprint density at radius 3 is 2.64 bits per heavy atom. The Hall–Kier alpha value is -1.16. The molecule has 1 unspecified atom stereocenters. The number of rotatable bonds is 1. The number of nitrogens with one attached hydrogen (secondary N) is 1. The van der Waals surface area contributed by atoms with Crippen LogP contribution >= 0.6 is 11.8 Å². The molecule has 1 fully saturated rings. The van der Waals surface area contributed by atoms with E-state index < -0.39 is 0 Å². The van der Waals surface area contributed by atoms with Gasteiger partial charge in [-0.2, -0.15) is 0 Å². The SMILES string of the molecule is Nc1ccc(C2CNC(=O)CS2)cc1. The molecule has 1 amide bonds. The van der Waals surface area contributed by atoms with E-state index >= 15 is 0 Å². The van der Waals surface area contributed by atoms with E-state index in [4.69, 9.17) is 5.73 Å². The quantitative estimate of drug-likeness (QED) is 0.681. The molecule has 1 atom stereocenters. The molecule has 3 N–H and O–H groups in total. The van der Waals surface area contributed by atoms with Crippen molar-refractivity contribution in [3.63, 3.8) is 0 Å². The third-order valence-corrected chi connectivity index (χ3v) is 3.48. The van der Waals surface area contributed by atoms with Crippen LogP contribution in [-0.2, 0) is 4.79 Å². The van der Waals surface area contributed by atoms with E-state index in [0.717, 1.165) is 5.69 Å². The fourth-order valence-corrected chi connectivity index (χ4v) is 2.42. The first kappa shape index (κ1) is 9.40. The number of benzene rings is 1. The van der Waals surface area contributed by atoms with Gasteiger partial charge < -0.3 is 11.1 Å². The average molecular weight is 208 g/mol. The van der Waals surface area contributed by atoms with Gasteiger partial charge in [-0.25, -0.2) is 0 Å². The highest BCUT2D eigenvalue weighted by molar-refractivity contribution is 8.00. The van der Waals surface area contributed by atoms with Crippen molar-refractivity contribution >= 4 is 23.4 Å². The van der Waals surface area contributed by atoms with Crippen LogP contribution in [0.1, 0.15) is 10.8 Å². The Morgan fingerprint density at radius 2 is 2.07 bits per heavy atom. The molecule has 3 nitrogen and oxygen atoms in total. The monoisotopic (exact) mass is 208 g/mol. The standard InChI is InChI=1S/C10H12N2OS/c11-8-3-1-7(2-4-8)9-5-12-10(13)6-14-9/h1-4,9H,5-6,11H2,(H,12,13). The highest BCUT2D eigenvalue weighted by atomic mass is 32.2. The number of nitrogen functional groups attached to an aromatic ring is 1. The number of carbonyl (C=O) groups is 1. The molecule has 4 heteroatoms. The first-order chi connectivity index (χ1) is 6.75. The maximum absolute atomic E-state index is 10.9. The van der Waals surface area contributed by atoms with Crippen molar-refractivity contribution in [1.82, 2.24) is 5.32 Å². The molecule has 1 aromatic rings. The minimum atomic E-state index is 0.127. The van der Waals surface area contributed by atoms with Crippen LogP contribution in [-0.4, -0.2) is 18.2 Å². The van der Waals surface area contributed by atoms with E-state index in [9.17, 15) is 4.79 Å². The van der Waals surface area contributed by atoms with Gasteiger partial charge in [-0.15, -0.1) is 11.8 Å². The van der Waals surface area contributed by atoms with Crippen molar-refractivity contribution in [2.45, 2.75) is 5.25 Å². The zero-order valence-electron chi connectivity index (χ0n) is 7.69. The minimum Gasteiger partial charge on any atom is -0.399 e. The average Bonchev–Trinajstić information content (AvgIpc) is 2.21. The fourth-order valence-electron chi connectivity index (χ4n) is 1.42. The van der Waals surface area contributed by atoms with Crippen molar-refractivity contribution in [1.29, 1.82) is 0 Å². The predicted molar refractivity (Wildman–Crippen MR) is 59.1 cm³/mol. The normalized spacial score (nSPS) is 21.7. The second kappa shape index (κ2) is 3.92. The number of hydrogen-bond acceptors (Lipinski definition) is 3. The van der Waals surface area contributed by atoms with Crippen molar-refractivity contribution < 1.29 is 4.79 Å². The lowest BCUT2D eigenvalue weighted by atomic mass is 10.1. The first-order valence-corrected chi connectivity index (χ1v) is 5.54. The fraction of sp³-hybridized carbons (Fsp3) is 0.300. The summed E-state index contributed by atoms with van der Waals surface area (Å²) in [6.45, 7) is 0.716. The predicted octanol–water partition coefficient (Wildman–Crippen LogP) is 1.17. The molecule has 0 radical (unpaired) electrons. The molecule has 0 saturated carbocycles. The van der Waals surface area contributed by atoms with Gasteiger partial charge in [-0.05, 0) is 17.7 Å². The summed E-state index contributed by atoms with van der Waals surface area (Å²) in [7, 11) is 0. The van der Waals surface area contributed by atoms with Gasteiger partial charge >= 0.3 is 0 Å². The highest BCUT2D eigenvalue weighted by Crippen LogP contribution is 2.30. The summed E-state index contributed by atoms with van der Waals surface area (Å²) in [5, 5.41) is 3.22. The van der Waals surface area contributed by atoms with Gasteiger partial charge in [0.15, 0.2) is 0 Å².